The second-order valence-electron chi connectivity index (χ2n) is 5.80. The summed E-state index contributed by atoms with van der Waals surface area (Å²) >= 11 is 1.61. The van der Waals surface area contributed by atoms with Crippen molar-refractivity contribution in [2.24, 2.45) is 0 Å². The number of amides is 1. The van der Waals surface area contributed by atoms with E-state index in [0.29, 0.717) is 5.69 Å². The number of nitrogens with one attached hydrogen (secondary N) is 1. The molecular weight excluding hydrogens is 334 g/mol. The van der Waals surface area contributed by atoms with E-state index in [4.69, 9.17) is 0 Å². The Morgan fingerprint density at radius 2 is 2.00 bits per heavy atom. The molecule has 0 radical (unpaired) electrons. The second kappa shape index (κ2) is 7.44. The van der Waals surface area contributed by atoms with Crippen molar-refractivity contribution < 1.29 is 9.59 Å². The maximum absolute atomic E-state index is 12.3. The molecule has 1 aromatic carbocycles. The Morgan fingerprint density at radius 3 is 2.68 bits per heavy atom. The Balaban J connectivity index is 1.59. The molecule has 0 fully saturated rings. The highest BCUT2D eigenvalue weighted by Gasteiger charge is 2.14. The zero-order valence-electron chi connectivity index (χ0n) is 14.2. The van der Waals surface area contributed by atoms with Crippen LogP contribution in [0.25, 0.3) is 5.69 Å². The van der Waals surface area contributed by atoms with E-state index in [2.05, 4.69) is 10.4 Å². The topological polar surface area (TPSA) is 64.0 Å². The van der Waals surface area contributed by atoms with Crippen LogP contribution in [-0.4, -0.2) is 21.5 Å². The van der Waals surface area contributed by atoms with E-state index in [-0.39, 0.29) is 24.5 Å². The average Bonchev–Trinajstić information content (AvgIpc) is 3.22. The van der Waals surface area contributed by atoms with Crippen LogP contribution in [0.3, 0.4) is 0 Å². The SMILES string of the molecule is Cc1cc(C(=O)CCC(=O)Nc2cccc(-n3cccn3)c2)c(C)s1. The average molecular weight is 353 g/mol. The third-order valence-electron chi connectivity index (χ3n) is 3.82. The first kappa shape index (κ1) is 17.1. The Morgan fingerprint density at radius 1 is 1.16 bits per heavy atom. The first-order valence-corrected chi connectivity index (χ1v) is 8.85. The number of aromatic nitrogens is 2. The molecule has 0 atom stereocenters. The lowest BCUT2D eigenvalue weighted by Gasteiger charge is -2.07. The van der Waals surface area contributed by atoms with Gasteiger partial charge in [-0.3, -0.25) is 9.59 Å². The van der Waals surface area contributed by atoms with Gasteiger partial charge < -0.3 is 5.32 Å². The van der Waals surface area contributed by atoms with Crippen molar-refractivity contribution in [2.45, 2.75) is 26.7 Å². The van der Waals surface area contributed by atoms with Crippen LogP contribution >= 0.6 is 11.3 Å². The number of rotatable bonds is 6. The molecule has 0 aliphatic rings. The molecule has 3 rings (SSSR count). The third kappa shape index (κ3) is 4.22. The monoisotopic (exact) mass is 353 g/mol. The van der Waals surface area contributed by atoms with E-state index in [1.165, 1.54) is 0 Å². The number of Topliss-reactive ketones (excluding diaryl/α,β-unsaturated/α-hetero) is 1. The fraction of sp³-hybridized carbons (Fsp3) is 0.211. The van der Waals surface area contributed by atoms with E-state index in [9.17, 15) is 9.59 Å². The number of carbonyl (C=O) groups excluding carboxylic acids is 2. The number of benzene rings is 1. The summed E-state index contributed by atoms with van der Waals surface area (Å²) in [5, 5.41) is 7.01. The molecule has 0 saturated carbocycles. The second-order valence-corrected chi connectivity index (χ2v) is 7.26. The Bertz CT molecular complexity index is 897. The maximum Gasteiger partial charge on any atom is 0.224 e. The molecule has 5 nitrogen and oxygen atoms in total. The predicted molar refractivity (Wildman–Crippen MR) is 99.6 cm³/mol. The summed E-state index contributed by atoms with van der Waals surface area (Å²) in [6, 6.07) is 11.2. The summed E-state index contributed by atoms with van der Waals surface area (Å²) in [5.41, 5.74) is 2.28. The molecule has 0 saturated heterocycles. The van der Waals surface area contributed by atoms with Crippen LogP contribution in [0.2, 0.25) is 0 Å². The van der Waals surface area contributed by atoms with Crippen molar-refractivity contribution in [1.29, 1.82) is 0 Å². The molecule has 128 valence electrons. The number of ketones is 1. The van der Waals surface area contributed by atoms with Gasteiger partial charge in [0, 0.05) is 46.2 Å². The summed E-state index contributed by atoms with van der Waals surface area (Å²) in [7, 11) is 0. The zero-order valence-corrected chi connectivity index (χ0v) is 15.0. The van der Waals surface area contributed by atoms with E-state index in [1.54, 1.807) is 22.2 Å². The van der Waals surface area contributed by atoms with Crippen LogP contribution in [0.1, 0.15) is 33.0 Å². The zero-order chi connectivity index (χ0) is 17.8. The fourth-order valence-electron chi connectivity index (χ4n) is 2.64. The van der Waals surface area contributed by atoms with Gasteiger partial charge in [0.05, 0.1) is 5.69 Å². The molecular formula is C19H19N3O2S. The minimum atomic E-state index is -0.171. The molecule has 3 aromatic rings. The van der Waals surface area contributed by atoms with Gasteiger partial charge in [-0.2, -0.15) is 5.10 Å². The number of carbonyl (C=O) groups is 2. The van der Waals surface area contributed by atoms with Crippen molar-refractivity contribution in [1.82, 2.24) is 9.78 Å². The minimum Gasteiger partial charge on any atom is -0.326 e. The van der Waals surface area contributed by atoms with Gasteiger partial charge in [0.15, 0.2) is 5.78 Å². The van der Waals surface area contributed by atoms with Crippen LogP contribution in [0.4, 0.5) is 5.69 Å². The summed E-state index contributed by atoms with van der Waals surface area (Å²) in [4.78, 5) is 26.5. The van der Waals surface area contributed by atoms with Gasteiger partial charge in [0.2, 0.25) is 5.91 Å². The summed E-state index contributed by atoms with van der Waals surface area (Å²) in [5.74, 6) is -0.155. The van der Waals surface area contributed by atoms with Crippen molar-refractivity contribution in [3.05, 3.63) is 64.1 Å². The van der Waals surface area contributed by atoms with E-state index < -0.39 is 0 Å². The minimum absolute atomic E-state index is 0.0160. The fourth-order valence-corrected chi connectivity index (χ4v) is 3.58. The lowest BCUT2D eigenvalue weighted by molar-refractivity contribution is -0.116. The third-order valence-corrected chi connectivity index (χ3v) is 4.79. The Hall–Kier alpha value is -2.73. The number of thiophene rings is 1. The highest BCUT2D eigenvalue weighted by molar-refractivity contribution is 7.12. The van der Waals surface area contributed by atoms with Crippen LogP contribution in [0.5, 0.6) is 0 Å². The lowest BCUT2D eigenvalue weighted by Crippen LogP contribution is -2.13. The number of hydrogen-bond donors (Lipinski definition) is 1. The molecule has 0 aliphatic heterocycles. The normalized spacial score (nSPS) is 10.6. The quantitative estimate of drug-likeness (QED) is 0.677. The van der Waals surface area contributed by atoms with Gasteiger partial charge in [0.25, 0.3) is 0 Å². The Kier molecular flexibility index (Phi) is 5.09. The number of anilines is 1. The summed E-state index contributed by atoms with van der Waals surface area (Å²) < 4.78 is 1.72. The van der Waals surface area contributed by atoms with Crippen molar-refractivity contribution >= 4 is 28.7 Å². The molecule has 2 aromatic heterocycles. The molecule has 2 heterocycles. The van der Waals surface area contributed by atoms with Crippen LogP contribution in [0.15, 0.2) is 48.8 Å². The van der Waals surface area contributed by atoms with E-state index in [1.807, 2.05) is 56.4 Å². The van der Waals surface area contributed by atoms with Gasteiger partial charge in [0.1, 0.15) is 0 Å². The molecule has 0 bridgehead atoms. The molecule has 0 spiro atoms. The smallest absolute Gasteiger partial charge is 0.224 e. The lowest BCUT2D eigenvalue weighted by atomic mass is 10.1. The molecule has 1 N–H and O–H groups in total. The number of nitrogens with zero attached hydrogens (tertiary/aromatic N) is 2. The largest absolute Gasteiger partial charge is 0.326 e. The van der Waals surface area contributed by atoms with Crippen LogP contribution in [0, 0.1) is 13.8 Å². The number of aryl methyl sites for hydroxylation is 2. The summed E-state index contributed by atoms with van der Waals surface area (Å²) in [6.45, 7) is 3.92. The number of hydrogen-bond acceptors (Lipinski definition) is 4. The van der Waals surface area contributed by atoms with E-state index in [0.717, 1.165) is 21.0 Å². The predicted octanol–water partition coefficient (Wildman–Crippen LogP) is 4.15. The van der Waals surface area contributed by atoms with Crippen LogP contribution in [-0.2, 0) is 4.79 Å². The molecule has 0 aliphatic carbocycles. The van der Waals surface area contributed by atoms with Gasteiger partial charge >= 0.3 is 0 Å². The van der Waals surface area contributed by atoms with Crippen LogP contribution < -0.4 is 5.32 Å². The standard InChI is InChI=1S/C19H19N3O2S/c1-13-11-17(14(2)25-13)18(23)7-8-19(24)21-15-5-3-6-16(12-15)22-10-4-9-20-22/h3-6,9-12H,7-8H2,1-2H3,(H,21,24). The van der Waals surface area contributed by atoms with Gasteiger partial charge in [-0.15, -0.1) is 11.3 Å². The van der Waals surface area contributed by atoms with Crippen molar-refractivity contribution in [3.8, 4) is 5.69 Å². The van der Waals surface area contributed by atoms with Crippen molar-refractivity contribution in [3.63, 3.8) is 0 Å². The van der Waals surface area contributed by atoms with Crippen molar-refractivity contribution in [2.75, 3.05) is 5.32 Å². The Labute approximate surface area is 150 Å². The molecule has 6 heteroatoms. The van der Waals surface area contributed by atoms with E-state index >= 15 is 0 Å². The first-order valence-electron chi connectivity index (χ1n) is 8.03. The molecule has 25 heavy (non-hydrogen) atoms. The maximum atomic E-state index is 12.3. The molecule has 1 amide bonds. The molecule has 0 unspecified atom stereocenters. The van der Waals surface area contributed by atoms with Gasteiger partial charge in [-0.1, -0.05) is 6.07 Å². The highest BCUT2D eigenvalue weighted by atomic mass is 32.1. The van der Waals surface area contributed by atoms with Gasteiger partial charge in [-0.05, 0) is 44.2 Å². The highest BCUT2D eigenvalue weighted by Crippen LogP contribution is 2.22. The van der Waals surface area contributed by atoms with Gasteiger partial charge in [-0.25, -0.2) is 4.68 Å². The first-order chi connectivity index (χ1) is 12.0. The summed E-state index contributed by atoms with van der Waals surface area (Å²) in [6.07, 6.45) is 3.91.